The molecule has 0 aromatic heterocycles. The molecule has 0 aliphatic carbocycles. The second-order valence-corrected chi connectivity index (χ2v) is 5.72. The second kappa shape index (κ2) is 8.79. The van der Waals surface area contributed by atoms with E-state index in [1.807, 2.05) is 30.3 Å². The van der Waals surface area contributed by atoms with Crippen molar-refractivity contribution in [3.05, 3.63) is 69.8 Å². The van der Waals surface area contributed by atoms with Gasteiger partial charge in [-0.1, -0.05) is 30.3 Å². The van der Waals surface area contributed by atoms with E-state index < -0.39 is 16.9 Å². The van der Waals surface area contributed by atoms with Gasteiger partial charge in [0, 0.05) is 30.9 Å². The van der Waals surface area contributed by atoms with Crippen molar-refractivity contribution >= 4 is 17.3 Å². The summed E-state index contributed by atoms with van der Waals surface area (Å²) in [5.74, 6) is -0.417. The summed E-state index contributed by atoms with van der Waals surface area (Å²) >= 11 is 0. The Hall–Kier alpha value is -2.93. The topological polar surface area (TPSA) is 104 Å². The third-order valence-electron chi connectivity index (χ3n) is 3.63. The number of nitro groups is 1. The Kier molecular flexibility index (Phi) is 6.47. The number of anilines is 1. The molecule has 0 heterocycles. The molecule has 25 heavy (non-hydrogen) atoms. The van der Waals surface area contributed by atoms with Gasteiger partial charge in [0.15, 0.2) is 0 Å². The number of hydrogen-bond acceptors (Lipinski definition) is 5. The number of hydrogen-bond donors (Lipinski definition) is 3. The molecule has 132 valence electrons. The van der Waals surface area contributed by atoms with Crippen LogP contribution in [0.3, 0.4) is 0 Å². The van der Waals surface area contributed by atoms with Crippen LogP contribution in [-0.2, 0) is 6.54 Å². The van der Waals surface area contributed by atoms with Crippen LogP contribution < -0.4 is 10.6 Å². The predicted molar refractivity (Wildman–Crippen MR) is 95.5 cm³/mol. The molecule has 7 heteroatoms. The van der Waals surface area contributed by atoms with E-state index in [2.05, 4.69) is 10.6 Å². The molecule has 0 saturated carbocycles. The number of nitrogens with zero attached hydrogens (tertiary/aromatic N) is 1. The molecular weight excluding hydrogens is 322 g/mol. The Bertz CT molecular complexity index is 732. The summed E-state index contributed by atoms with van der Waals surface area (Å²) in [4.78, 5) is 22.8. The lowest BCUT2D eigenvalue weighted by atomic mass is 10.1. The quantitative estimate of drug-likeness (QED) is 0.505. The lowest BCUT2D eigenvalue weighted by molar-refractivity contribution is -0.384. The van der Waals surface area contributed by atoms with Crippen LogP contribution in [0.4, 0.5) is 11.4 Å². The van der Waals surface area contributed by atoms with Crippen LogP contribution >= 0.6 is 0 Å². The van der Waals surface area contributed by atoms with Crippen molar-refractivity contribution in [2.24, 2.45) is 0 Å². The van der Waals surface area contributed by atoms with Crippen LogP contribution in [-0.4, -0.2) is 28.6 Å². The summed E-state index contributed by atoms with van der Waals surface area (Å²) in [6, 6.07) is 13.8. The summed E-state index contributed by atoms with van der Waals surface area (Å²) in [6.45, 7) is 2.41. The van der Waals surface area contributed by atoms with Gasteiger partial charge in [0.25, 0.3) is 11.6 Å². The SMILES string of the molecule is CC(O)CCNC(=O)c1cc([N+](=O)[O-])ccc1NCc1ccccc1. The van der Waals surface area contributed by atoms with Crippen molar-refractivity contribution in [1.82, 2.24) is 5.32 Å². The molecule has 0 fully saturated rings. The number of nitro benzene ring substituents is 1. The van der Waals surface area contributed by atoms with Crippen molar-refractivity contribution in [3.63, 3.8) is 0 Å². The van der Waals surface area contributed by atoms with Crippen LogP contribution in [0.1, 0.15) is 29.3 Å². The highest BCUT2D eigenvalue weighted by atomic mass is 16.6. The van der Waals surface area contributed by atoms with E-state index in [0.29, 0.717) is 18.7 Å². The van der Waals surface area contributed by atoms with Crippen LogP contribution in [0.5, 0.6) is 0 Å². The average molecular weight is 343 g/mol. The van der Waals surface area contributed by atoms with Crippen molar-refractivity contribution in [2.75, 3.05) is 11.9 Å². The first kappa shape index (κ1) is 18.4. The molecule has 1 atom stereocenters. The van der Waals surface area contributed by atoms with E-state index in [1.165, 1.54) is 18.2 Å². The number of aliphatic hydroxyl groups is 1. The fraction of sp³-hybridized carbons (Fsp3) is 0.278. The Labute approximate surface area is 145 Å². The third-order valence-corrected chi connectivity index (χ3v) is 3.63. The summed E-state index contributed by atoms with van der Waals surface area (Å²) in [5, 5.41) is 26.1. The number of amides is 1. The maximum atomic E-state index is 12.4. The minimum absolute atomic E-state index is 0.147. The summed E-state index contributed by atoms with van der Waals surface area (Å²) in [6.07, 6.45) is -0.117. The lowest BCUT2D eigenvalue weighted by Gasteiger charge is -2.13. The first-order valence-corrected chi connectivity index (χ1v) is 8.00. The first-order chi connectivity index (χ1) is 12.0. The number of carbonyl (C=O) groups excluding carboxylic acids is 1. The average Bonchev–Trinajstić information content (AvgIpc) is 2.60. The molecule has 7 nitrogen and oxygen atoms in total. The summed E-state index contributed by atoms with van der Waals surface area (Å²) in [7, 11) is 0. The van der Waals surface area contributed by atoms with Crippen LogP contribution in [0.2, 0.25) is 0 Å². The molecule has 0 radical (unpaired) electrons. The van der Waals surface area contributed by atoms with Gasteiger partial charge in [-0.05, 0) is 25.0 Å². The lowest BCUT2D eigenvalue weighted by Crippen LogP contribution is -2.27. The molecule has 0 spiro atoms. The number of benzene rings is 2. The van der Waals surface area contributed by atoms with Gasteiger partial charge < -0.3 is 15.7 Å². The molecule has 2 rings (SSSR count). The Balaban J connectivity index is 2.16. The molecular formula is C18H21N3O4. The summed E-state index contributed by atoms with van der Waals surface area (Å²) in [5.41, 5.74) is 1.60. The standard InChI is InChI=1S/C18H21N3O4/c1-13(22)9-10-19-18(23)16-11-15(21(24)25)7-8-17(16)20-12-14-5-3-2-4-6-14/h2-8,11,13,20,22H,9-10,12H2,1H3,(H,19,23). The monoisotopic (exact) mass is 343 g/mol. The number of rotatable bonds is 8. The third kappa shape index (κ3) is 5.58. The van der Waals surface area contributed by atoms with Crippen LogP contribution in [0.15, 0.2) is 48.5 Å². The normalized spacial score (nSPS) is 11.6. The Morgan fingerprint density at radius 1 is 1.24 bits per heavy atom. The van der Waals surface area contributed by atoms with E-state index >= 15 is 0 Å². The number of nitrogens with one attached hydrogen (secondary N) is 2. The predicted octanol–water partition coefficient (Wildman–Crippen LogP) is 2.71. The van der Waals surface area contributed by atoms with Crippen molar-refractivity contribution in [1.29, 1.82) is 0 Å². The van der Waals surface area contributed by atoms with Gasteiger partial charge in [-0.25, -0.2) is 0 Å². The first-order valence-electron chi connectivity index (χ1n) is 8.00. The number of aliphatic hydroxyl groups excluding tert-OH is 1. The van der Waals surface area contributed by atoms with Gasteiger partial charge >= 0.3 is 0 Å². The maximum Gasteiger partial charge on any atom is 0.270 e. The molecule has 0 aliphatic rings. The highest BCUT2D eigenvalue weighted by molar-refractivity contribution is 6.00. The largest absolute Gasteiger partial charge is 0.393 e. The van der Waals surface area contributed by atoms with Gasteiger partial charge in [0.1, 0.15) is 0 Å². The molecule has 0 aliphatic heterocycles. The highest BCUT2D eigenvalue weighted by Gasteiger charge is 2.16. The minimum Gasteiger partial charge on any atom is -0.393 e. The van der Waals surface area contributed by atoms with Crippen molar-refractivity contribution < 1.29 is 14.8 Å². The van der Waals surface area contributed by atoms with Crippen molar-refractivity contribution in [3.8, 4) is 0 Å². The number of carbonyl (C=O) groups is 1. The Morgan fingerprint density at radius 2 is 1.96 bits per heavy atom. The zero-order valence-electron chi connectivity index (χ0n) is 13.9. The fourth-order valence-corrected chi connectivity index (χ4v) is 2.27. The van der Waals surface area contributed by atoms with Crippen LogP contribution in [0.25, 0.3) is 0 Å². The molecule has 0 saturated heterocycles. The molecule has 2 aromatic rings. The van der Waals surface area contributed by atoms with E-state index in [9.17, 15) is 20.0 Å². The fourth-order valence-electron chi connectivity index (χ4n) is 2.27. The van der Waals surface area contributed by atoms with Gasteiger partial charge in [-0.15, -0.1) is 0 Å². The van der Waals surface area contributed by atoms with Gasteiger partial charge in [-0.3, -0.25) is 14.9 Å². The second-order valence-electron chi connectivity index (χ2n) is 5.72. The molecule has 2 aromatic carbocycles. The maximum absolute atomic E-state index is 12.4. The summed E-state index contributed by atoms with van der Waals surface area (Å²) < 4.78 is 0. The van der Waals surface area contributed by atoms with Gasteiger partial charge in [-0.2, -0.15) is 0 Å². The van der Waals surface area contributed by atoms with Gasteiger partial charge in [0.2, 0.25) is 0 Å². The van der Waals surface area contributed by atoms with E-state index in [1.54, 1.807) is 6.92 Å². The van der Waals surface area contributed by atoms with E-state index in [-0.39, 0.29) is 17.8 Å². The van der Waals surface area contributed by atoms with Gasteiger partial charge in [0.05, 0.1) is 16.6 Å². The smallest absolute Gasteiger partial charge is 0.270 e. The zero-order chi connectivity index (χ0) is 18.2. The van der Waals surface area contributed by atoms with E-state index in [0.717, 1.165) is 5.56 Å². The molecule has 3 N–H and O–H groups in total. The highest BCUT2D eigenvalue weighted by Crippen LogP contribution is 2.23. The Morgan fingerprint density at radius 3 is 2.60 bits per heavy atom. The molecule has 1 unspecified atom stereocenters. The molecule has 1 amide bonds. The minimum atomic E-state index is -0.534. The van der Waals surface area contributed by atoms with Crippen molar-refractivity contribution in [2.45, 2.75) is 26.0 Å². The van der Waals surface area contributed by atoms with Crippen LogP contribution in [0, 0.1) is 10.1 Å². The number of non-ortho nitro benzene ring substituents is 1. The zero-order valence-corrected chi connectivity index (χ0v) is 13.9. The van der Waals surface area contributed by atoms with E-state index in [4.69, 9.17) is 0 Å². The molecule has 0 bridgehead atoms.